The van der Waals surface area contributed by atoms with Gasteiger partial charge in [-0.3, -0.25) is 5.41 Å². The predicted molar refractivity (Wildman–Crippen MR) is 120 cm³/mol. The molecule has 34 heavy (non-hydrogen) atoms. The van der Waals surface area contributed by atoms with E-state index in [1.165, 1.54) is 12.1 Å². The fourth-order valence-electron chi connectivity index (χ4n) is 4.04. The minimum absolute atomic E-state index is 0.0291. The van der Waals surface area contributed by atoms with Crippen LogP contribution in [-0.4, -0.2) is 40.7 Å². The zero-order chi connectivity index (χ0) is 24.1. The molecule has 180 valence electrons. The molecule has 1 fully saturated rings. The molecule has 1 unspecified atom stereocenters. The standard InChI is InChI=1S/C24H26F3N5O2/c25-24(26,27)19-14-17(10-11-20(19)33-13-5-8-16-6-2-1-3-7-16)21-30-22(34-31-21)18-9-4-12-32(15-18)23(28)29/h1-3,6-7,10-11,14,18H,4-5,8-9,12-13,15H2,(H3,28,29). The van der Waals surface area contributed by atoms with Gasteiger partial charge in [0.25, 0.3) is 0 Å². The molecule has 1 aliphatic rings. The summed E-state index contributed by atoms with van der Waals surface area (Å²) in [5.74, 6) is 0.0241. The molecule has 4 rings (SSSR count). The maximum absolute atomic E-state index is 13.8. The number of likely N-dealkylation sites (tertiary alicyclic amines) is 1. The van der Waals surface area contributed by atoms with Gasteiger partial charge in [-0.1, -0.05) is 35.5 Å². The number of ether oxygens (including phenoxy) is 1. The van der Waals surface area contributed by atoms with Crippen molar-refractivity contribution < 1.29 is 22.4 Å². The van der Waals surface area contributed by atoms with Crippen LogP contribution in [0.5, 0.6) is 5.75 Å². The first-order valence-electron chi connectivity index (χ1n) is 11.1. The van der Waals surface area contributed by atoms with Gasteiger partial charge in [-0.25, -0.2) is 0 Å². The third kappa shape index (κ3) is 5.67. The van der Waals surface area contributed by atoms with Crippen LogP contribution in [0.15, 0.2) is 53.1 Å². The van der Waals surface area contributed by atoms with Crippen molar-refractivity contribution in [1.82, 2.24) is 15.0 Å². The van der Waals surface area contributed by atoms with E-state index in [1.807, 2.05) is 30.3 Å². The number of nitrogens with one attached hydrogen (secondary N) is 1. The fraction of sp³-hybridized carbons (Fsp3) is 0.375. The Hall–Kier alpha value is -3.56. The van der Waals surface area contributed by atoms with Gasteiger partial charge in [-0.15, -0.1) is 0 Å². The number of rotatable bonds is 7. The first kappa shape index (κ1) is 23.6. The monoisotopic (exact) mass is 473 g/mol. The maximum Gasteiger partial charge on any atom is 0.419 e. The van der Waals surface area contributed by atoms with E-state index in [1.54, 1.807) is 4.90 Å². The molecule has 10 heteroatoms. The van der Waals surface area contributed by atoms with Crippen LogP contribution in [0.1, 0.15) is 42.2 Å². The first-order valence-corrected chi connectivity index (χ1v) is 11.1. The summed E-state index contributed by atoms with van der Waals surface area (Å²) in [6.45, 7) is 1.30. The Kier molecular flexibility index (Phi) is 7.04. The van der Waals surface area contributed by atoms with Crippen molar-refractivity contribution in [3.63, 3.8) is 0 Å². The van der Waals surface area contributed by atoms with E-state index in [2.05, 4.69) is 10.1 Å². The Labute approximate surface area is 195 Å². The summed E-state index contributed by atoms with van der Waals surface area (Å²) >= 11 is 0. The van der Waals surface area contributed by atoms with Crippen LogP contribution < -0.4 is 10.5 Å². The lowest BCUT2D eigenvalue weighted by Crippen LogP contribution is -2.42. The summed E-state index contributed by atoms with van der Waals surface area (Å²) in [5, 5.41) is 11.5. The number of hydrogen-bond acceptors (Lipinski definition) is 5. The van der Waals surface area contributed by atoms with Crippen LogP contribution in [0.3, 0.4) is 0 Å². The number of aromatic nitrogens is 2. The summed E-state index contributed by atoms with van der Waals surface area (Å²) in [6, 6.07) is 13.5. The third-order valence-corrected chi connectivity index (χ3v) is 5.81. The normalized spacial score (nSPS) is 16.4. The molecular weight excluding hydrogens is 447 g/mol. The van der Waals surface area contributed by atoms with Crippen LogP contribution in [0.25, 0.3) is 11.4 Å². The zero-order valence-electron chi connectivity index (χ0n) is 18.5. The van der Waals surface area contributed by atoms with E-state index in [9.17, 15) is 13.2 Å². The first-order chi connectivity index (χ1) is 16.3. The van der Waals surface area contributed by atoms with Gasteiger partial charge in [0, 0.05) is 18.7 Å². The Bertz CT molecular complexity index is 1120. The zero-order valence-corrected chi connectivity index (χ0v) is 18.5. The van der Waals surface area contributed by atoms with Crippen LogP contribution in [0, 0.1) is 5.41 Å². The van der Waals surface area contributed by atoms with E-state index in [-0.39, 0.29) is 35.6 Å². The average Bonchev–Trinajstić information content (AvgIpc) is 3.32. The van der Waals surface area contributed by atoms with Crippen molar-refractivity contribution in [3.8, 4) is 17.1 Å². The second kappa shape index (κ2) is 10.1. The number of hydrogen-bond donors (Lipinski definition) is 2. The molecule has 2 aromatic carbocycles. The van der Waals surface area contributed by atoms with Crippen LogP contribution in [0.2, 0.25) is 0 Å². The summed E-state index contributed by atoms with van der Waals surface area (Å²) in [4.78, 5) is 6.05. The maximum atomic E-state index is 13.8. The fourth-order valence-corrected chi connectivity index (χ4v) is 4.04. The molecule has 0 spiro atoms. The topological polar surface area (TPSA) is 101 Å². The predicted octanol–water partition coefficient (Wildman–Crippen LogP) is 4.84. The Balaban J connectivity index is 1.46. The SMILES string of the molecule is N=C(N)N1CCCC(c2nc(-c3ccc(OCCCc4ccccc4)c(C(F)(F)F)c3)no2)C1. The molecule has 2 heterocycles. The van der Waals surface area contributed by atoms with Gasteiger partial charge < -0.3 is 19.9 Å². The van der Waals surface area contributed by atoms with Gasteiger partial charge >= 0.3 is 6.18 Å². The van der Waals surface area contributed by atoms with Crippen molar-refractivity contribution in [1.29, 1.82) is 5.41 Å². The highest BCUT2D eigenvalue weighted by Gasteiger charge is 2.35. The Morgan fingerprint density at radius 3 is 2.74 bits per heavy atom. The number of aryl methyl sites for hydroxylation is 1. The van der Waals surface area contributed by atoms with Gasteiger partial charge in [0.1, 0.15) is 5.75 Å². The molecule has 3 aromatic rings. The highest BCUT2D eigenvalue weighted by Crippen LogP contribution is 2.39. The average molecular weight is 473 g/mol. The molecular formula is C24H26F3N5O2. The number of piperidine rings is 1. The van der Waals surface area contributed by atoms with Gasteiger partial charge in [0.2, 0.25) is 11.7 Å². The van der Waals surface area contributed by atoms with Crippen molar-refractivity contribution in [2.45, 2.75) is 37.8 Å². The highest BCUT2D eigenvalue weighted by atomic mass is 19.4. The van der Waals surface area contributed by atoms with Crippen molar-refractivity contribution in [2.75, 3.05) is 19.7 Å². The largest absolute Gasteiger partial charge is 0.493 e. The number of halogens is 3. The second-order valence-electron chi connectivity index (χ2n) is 8.27. The molecule has 7 nitrogen and oxygen atoms in total. The quantitative estimate of drug-likeness (QED) is 0.289. The van der Waals surface area contributed by atoms with Crippen LogP contribution >= 0.6 is 0 Å². The Morgan fingerprint density at radius 1 is 1.21 bits per heavy atom. The van der Waals surface area contributed by atoms with Gasteiger partial charge in [0.15, 0.2) is 5.96 Å². The van der Waals surface area contributed by atoms with E-state index >= 15 is 0 Å². The Morgan fingerprint density at radius 2 is 2.00 bits per heavy atom. The lowest BCUT2D eigenvalue weighted by molar-refractivity contribution is -0.138. The summed E-state index contributed by atoms with van der Waals surface area (Å²) < 4.78 is 52.1. The highest BCUT2D eigenvalue weighted by molar-refractivity contribution is 5.74. The molecule has 1 atom stereocenters. The van der Waals surface area contributed by atoms with Crippen molar-refractivity contribution in [2.24, 2.45) is 5.73 Å². The molecule has 1 aliphatic heterocycles. The van der Waals surface area contributed by atoms with Crippen molar-refractivity contribution >= 4 is 5.96 Å². The molecule has 0 bridgehead atoms. The summed E-state index contributed by atoms with van der Waals surface area (Å²) in [6.07, 6.45) is -1.71. The number of benzene rings is 2. The van der Waals surface area contributed by atoms with Gasteiger partial charge in [-0.2, -0.15) is 18.2 Å². The summed E-state index contributed by atoms with van der Waals surface area (Å²) in [5.41, 5.74) is 5.99. The van der Waals surface area contributed by atoms with E-state index in [0.717, 1.165) is 24.5 Å². The molecule has 0 amide bonds. The van der Waals surface area contributed by atoms with Crippen LogP contribution in [-0.2, 0) is 12.6 Å². The molecule has 0 aliphatic carbocycles. The van der Waals surface area contributed by atoms with Gasteiger partial charge in [-0.05, 0) is 49.4 Å². The molecule has 3 N–H and O–H groups in total. The molecule has 1 aromatic heterocycles. The minimum atomic E-state index is -4.59. The van der Waals surface area contributed by atoms with E-state index < -0.39 is 11.7 Å². The minimum Gasteiger partial charge on any atom is -0.493 e. The third-order valence-electron chi connectivity index (χ3n) is 5.81. The lowest BCUT2D eigenvalue weighted by atomic mass is 9.98. The molecule has 0 saturated carbocycles. The molecule has 0 radical (unpaired) electrons. The van der Waals surface area contributed by atoms with E-state index in [4.69, 9.17) is 20.4 Å². The van der Waals surface area contributed by atoms with Crippen LogP contribution in [0.4, 0.5) is 13.2 Å². The number of guanidine groups is 1. The number of alkyl halides is 3. The second-order valence-corrected chi connectivity index (χ2v) is 8.27. The lowest BCUT2D eigenvalue weighted by Gasteiger charge is -2.30. The molecule has 1 saturated heterocycles. The number of nitrogens with two attached hydrogens (primary N) is 1. The van der Waals surface area contributed by atoms with Gasteiger partial charge in [0.05, 0.1) is 18.1 Å². The smallest absolute Gasteiger partial charge is 0.419 e. The number of nitrogens with zero attached hydrogens (tertiary/aromatic N) is 3. The summed E-state index contributed by atoms with van der Waals surface area (Å²) in [7, 11) is 0. The van der Waals surface area contributed by atoms with Crippen molar-refractivity contribution in [3.05, 3.63) is 65.5 Å². The van der Waals surface area contributed by atoms with E-state index in [0.29, 0.717) is 31.8 Å².